The Balaban J connectivity index is 2.22. The predicted molar refractivity (Wildman–Crippen MR) is 75.1 cm³/mol. The normalized spacial score (nSPS) is 21.5. The molecule has 0 radical (unpaired) electrons. The van der Waals surface area contributed by atoms with E-state index in [9.17, 15) is 14.4 Å². The Labute approximate surface area is 127 Å². The molecule has 1 aliphatic rings. The molecule has 1 N–H and O–H groups in total. The van der Waals surface area contributed by atoms with Crippen molar-refractivity contribution in [3.8, 4) is 5.75 Å². The molecule has 2 atom stereocenters. The molecule has 0 saturated carbocycles. The molecule has 7 nitrogen and oxygen atoms in total. The highest BCUT2D eigenvalue weighted by Gasteiger charge is 2.41. The van der Waals surface area contributed by atoms with Gasteiger partial charge in [-0.05, 0) is 24.6 Å². The average molecular weight is 307 g/mol. The zero-order chi connectivity index (χ0) is 16.3. The number of rotatable bonds is 5. The molecule has 0 aliphatic carbocycles. The van der Waals surface area contributed by atoms with Crippen molar-refractivity contribution in [2.45, 2.75) is 32.0 Å². The summed E-state index contributed by atoms with van der Waals surface area (Å²) in [6.45, 7) is 1.61. The van der Waals surface area contributed by atoms with Gasteiger partial charge in [0.05, 0.1) is 13.5 Å². The number of esters is 1. The molecule has 0 aromatic heterocycles. The Hall–Kier alpha value is -2.57. The maximum Gasteiger partial charge on any atom is 0.330 e. The van der Waals surface area contributed by atoms with Crippen LogP contribution >= 0.6 is 0 Å². The molecule has 1 heterocycles. The quantitative estimate of drug-likeness (QED) is 0.809. The van der Waals surface area contributed by atoms with Gasteiger partial charge in [0, 0.05) is 6.54 Å². The summed E-state index contributed by atoms with van der Waals surface area (Å²) in [5.74, 6) is -1.59. The number of hydrogen-bond donors (Lipinski definition) is 1. The molecule has 1 aromatic rings. The second-order valence-corrected chi connectivity index (χ2v) is 5.01. The number of nitrogens with zero attached hydrogens (tertiary/aromatic N) is 1. The second-order valence-electron chi connectivity index (χ2n) is 5.01. The number of hydrogen-bond acceptors (Lipinski definition) is 5. The minimum Gasteiger partial charge on any atom is -0.497 e. The summed E-state index contributed by atoms with van der Waals surface area (Å²) in [5, 5.41) is 8.93. The van der Waals surface area contributed by atoms with E-state index in [1.165, 1.54) is 11.8 Å². The minimum absolute atomic E-state index is 0.139. The first-order valence-electron chi connectivity index (χ1n) is 6.78. The second kappa shape index (κ2) is 6.46. The Morgan fingerprint density at radius 3 is 2.50 bits per heavy atom. The highest BCUT2D eigenvalue weighted by atomic mass is 16.6. The van der Waals surface area contributed by atoms with Crippen LogP contribution in [0.15, 0.2) is 24.3 Å². The third-order valence-electron chi connectivity index (χ3n) is 3.45. The monoisotopic (exact) mass is 307 g/mol. The van der Waals surface area contributed by atoms with Crippen molar-refractivity contribution in [2.24, 2.45) is 0 Å². The summed E-state index contributed by atoms with van der Waals surface area (Å²) in [7, 11) is 1.55. The molecule has 0 unspecified atom stereocenters. The summed E-state index contributed by atoms with van der Waals surface area (Å²) >= 11 is 0. The lowest BCUT2D eigenvalue weighted by molar-refractivity contribution is -0.179. The molecule has 22 heavy (non-hydrogen) atoms. The molecule has 1 aromatic carbocycles. The highest BCUT2D eigenvalue weighted by molar-refractivity contribution is 5.94. The first kappa shape index (κ1) is 15.8. The smallest absolute Gasteiger partial charge is 0.330 e. The SMILES string of the molecule is COc1ccc(CN2C(=O)[C@H](C)OC(=O)[C@@H]2CC(=O)O)cc1. The van der Waals surface area contributed by atoms with E-state index in [2.05, 4.69) is 0 Å². The Morgan fingerprint density at radius 1 is 1.32 bits per heavy atom. The summed E-state index contributed by atoms with van der Waals surface area (Å²) in [6, 6.07) is 5.88. The standard InChI is InChI=1S/C15H17NO6/c1-9-14(19)16(12(7-13(17)18)15(20)22-9)8-10-3-5-11(21-2)6-4-10/h3-6,9,12H,7-8H2,1-2H3,(H,17,18)/t9-,12-/m0/s1. The number of benzene rings is 1. The number of methoxy groups -OCH3 is 1. The number of carbonyl (C=O) groups excluding carboxylic acids is 2. The van der Waals surface area contributed by atoms with Crippen LogP contribution in [0.3, 0.4) is 0 Å². The van der Waals surface area contributed by atoms with Crippen molar-refractivity contribution in [1.82, 2.24) is 4.90 Å². The number of carboxylic acid groups (broad SMARTS) is 1. The third kappa shape index (κ3) is 3.36. The Kier molecular flexibility index (Phi) is 4.65. The molecule has 2 rings (SSSR count). The van der Waals surface area contributed by atoms with Crippen LogP contribution in [0, 0.1) is 0 Å². The summed E-state index contributed by atoms with van der Waals surface area (Å²) < 4.78 is 9.96. The van der Waals surface area contributed by atoms with Crippen molar-refractivity contribution in [3.05, 3.63) is 29.8 Å². The zero-order valence-electron chi connectivity index (χ0n) is 12.3. The average Bonchev–Trinajstić information content (AvgIpc) is 2.48. The molecular weight excluding hydrogens is 290 g/mol. The number of cyclic esters (lactones) is 1. The molecule has 1 amide bonds. The molecule has 1 saturated heterocycles. The summed E-state index contributed by atoms with van der Waals surface area (Å²) in [5.41, 5.74) is 0.770. The van der Waals surface area contributed by atoms with Crippen molar-refractivity contribution in [2.75, 3.05) is 7.11 Å². The van der Waals surface area contributed by atoms with Gasteiger partial charge in [0.15, 0.2) is 6.10 Å². The van der Waals surface area contributed by atoms with E-state index in [0.29, 0.717) is 5.75 Å². The van der Waals surface area contributed by atoms with Crippen molar-refractivity contribution in [3.63, 3.8) is 0 Å². The van der Waals surface area contributed by atoms with Crippen LogP contribution in [-0.4, -0.2) is 47.1 Å². The largest absolute Gasteiger partial charge is 0.497 e. The van der Waals surface area contributed by atoms with Crippen LogP contribution in [0.5, 0.6) is 5.75 Å². The Bertz CT molecular complexity index is 582. The van der Waals surface area contributed by atoms with Gasteiger partial charge in [-0.2, -0.15) is 0 Å². The first-order valence-corrected chi connectivity index (χ1v) is 6.78. The van der Waals surface area contributed by atoms with Crippen molar-refractivity contribution < 1.29 is 29.0 Å². The first-order chi connectivity index (χ1) is 10.4. The van der Waals surface area contributed by atoms with E-state index in [1.54, 1.807) is 31.4 Å². The van der Waals surface area contributed by atoms with Gasteiger partial charge in [0.25, 0.3) is 5.91 Å². The molecule has 0 bridgehead atoms. The number of carbonyl (C=O) groups is 3. The van der Waals surface area contributed by atoms with Crippen LogP contribution in [-0.2, 0) is 25.7 Å². The lowest BCUT2D eigenvalue weighted by Gasteiger charge is -2.36. The number of aliphatic carboxylic acids is 1. The number of ether oxygens (including phenoxy) is 2. The molecule has 1 fully saturated rings. The summed E-state index contributed by atoms with van der Waals surface area (Å²) in [6.07, 6.45) is -1.39. The van der Waals surface area contributed by atoms with Gasteiger partial charge in [-0.25, -0.2) is 4.79 Å². The highest BCUT2D eigenvalue weighted by Crippen LogP contribution is 2.21. The van der Waals surface area contributed by atoms with E-state index in [0.717, 1.165) is 5.56 Å². The zero-order valence-corrected chi connectivity index (χ0v) is 12.3. The third-order valence-corrected chi connectivity index (χ3v) is 3.45. The van der Waals surface area contributed by atoms with Gasteiger partial charge in [0.1, 0.15) is 11.8 Å². The maximum atomic E-state index is 12.2. The molecular formula is C15H17NO6. The summed E-state index contributed by atoms with van der Waals surface area (Å²) in [4.78, 5) is 36.3. The topological polar surface area (TPSA) is 93.1 Å². The van der Waals surface area contributed by atoms with Gasteiger partial charge in [-0.15, -0.1) is 0 Å². The van der Waals surface area contributed by atoms with E-state index in [4.69, 9.17) is 14.6 Å². The van der Waals surface area contributed by atoms with E-state index < -0.39 is 36.4 Å². The Morgan fingerprint density at radius 2 is 1.95 bits per heavy atom. The number of amides is 1. The fourth-order valence-electron chi connectivity index (χ4n) is 2.29. The molecule has 1 aliphatic heterocycles. The van der Waals surface area contributed by atoms with Gasteiger partial charge in [-0.3, -0.25) is 9.59 Å². The van der Waals surface area contributed by atoms with Crippen molar-refractivity contribution >= 4 is 17.8 Å². The number of carboxylic acids is 1. The van der Waals surface area contributed by atoms with E-state index in [-0.39, 0.29) is 6.54 Å². The van der Waals surface area contributed by atoms with E-state index in [1.807, 2.05) is 0 Å². The van der Waals surface area contributed by atoms with Crippen LogP contribution in [0.2, 0.25) is 0 Å². The van der Waals surface area contributed by atoms with E-state index >= 15 is 0 Å². The van der Waals surface area contributed by atoms with Crippen LogP contribution in [0.25, 0.3) is 0 Å². The van der Waals surface area contributed by atoms with Gasteiger partial charge in [-0.1, -0.05) is 12.1 Å². The lowest BCUT2D eigenvalue weighted by atomic mass is 10.1. The van der Waals surface area contributed by atoms with Crippen LogP contribution in [0.1, 0.15) is 18.9 Å². The number of morpholine rings is 1. The fraction of sp³-hybridized carbons (Fsp3) is 0.400. The van der Waals surface area contributed by atoms with Gasteiger partial charge >= 0.3 is 11.9 Å². The van der Waals surface area contributed by atoms with Crippen molar-refractivity contribution in [1.29, 1.82) is 0 Å². The van der Waals surface area contributed by atoms with Crippen LogP contribution in [0.4, 0.5) is 0 Å². The molecule has 118 valence electrons. The molecule has 7 heteroatoms. The van der Waals surface area contributed by atoms with Gasteiger partial charge in [0.2, 0.25) is 0 Å². The minimum atomic E-state index is -1.16. The predicted octanol–water partition coefficient (Wildman–Crippen LogP) is 0.812. The lowest BCUT2D eigenvalue weighted by Crippen LogP contribution is -2.55. The van der Waals surface area contributed by atoms with Gasteiger partial charge < -0.3 is 19.5 Å². The fourth-order valence-corrected chi connectivity index (χ4v) is 2.29. The molecule has 0 spiro atoms. The maximum absolute atomic E-state index is 12.2. The van der Waals surface area contributed by atoms with Crippen LogP contribution < -0.4 is 4.74 Å².